The van der Waals surface area contributed by atoms with Gasteiger partial charge in [-0.15, -0.1) is 0 Å². The molecule has 2 saturated carbocycles. The molecular formula is C25H44O6. The van der Waals surface area contributed by atoms with Crippen LogP contribution >= 0.6 is 0 Å². The average molecular weight is 441 g/mol. The third kappa shape index (κ3) is 5.29. The number of esters is 1. The lowest BCUT2D eigenvalue weighted by atomic mass is 9.64. The molecule has 0 aromatic rings. The van der Waals surface area contributed by atoms with Gasteiger partial charge in [0.2, 0.25) is 0 Å². The Morgan fingerprint density at radius 3 is 2.35 bits per heavy atom. The minimum Gasteiger partial charge on any atom is -0.460 e. The van der Waals surface area contributed by atoms with Crippen LogP contribution in [-0.4, -0.2) is 53.5 Å². The van der Waals surface area contributed by atoms with E-state index in [4.69, 9.17) is 14.2 Å². The minimum absolute atomic E-state index is 0.0906. The number of rotatable bonds is 6. The number of carbonyl (C=O) groups is 1. The molecule has 0 aromatic carbocycles. The van der Waals surface area contributed by atoms with Crippen LogP contribution in [-0.2, 0) is 19.0 Å². The molecule has 180 valence electrons. The molecule has 31 heavy (non-hydrogen) atoms. The minimum atomic E-state index is -1.20. The molecule has 3 rings (SSSR count). The zero-order valence-electron chi connectivity index (χ0n) is 20.3. The summed E-state index contributed by atoms with van der Waals surface area (Å²) in [6.45, 7) is 13.1. The average Bonchev–Trinajstić information content (AvgIpc) is 3.08. The van der Waals surface area contributed by atoms with Gasteiger partial charge in [0.05, 0.1) is 13.2 Å². The highest BCUT2D eigenvalue weighted by atomic mass is 16.7. The van der Waals surface area contributed by atoms with Gasteiger partial charge in [0.25, 0.3) is 0 Å². The highest BCUT2D eigenvalue weighted by molar-refractivity contribution is 5.75. The lowest BCUT2D eigenvalue weighted by molar-refractivity contribution is -0.263. The topological polar surface area (TPSA) is 85.2 Å². The van der Waals surface area contributed by atoms with Crippen LogP contribution in [0.15, 0.2) is 0 Å². The van der Waals surface area contributed by atoms with E-state index >= 15 is 0 Å². The lowest BCUT2D eigenvalue weighted by Crippen LogP contribution is -2.55. The second-order valence-corrected chi connectivity index (χ2v) is 11.3. The second kappa shape index (κ2) is 10.1. The number of hydrogen-bond donors (Lipinski definition) is 2. The fourth-order valence-electron chi connectivity index (χ4n) is 6.57. The van der Waals surface area contributed by atoms with Crippen LogP contribution in [0, 0.1) is 41.4 Å². The highest BCUT2D eigenvalue weighted by Crippen LogP contribution is 2.51. The van der Waals surface area contributed by atoms with Gasteiger partial charge in [0, 0.05) is 18.3 Å². The van der Waals surface area contributed by atoms with Gasteiger partial charge in [-0.3, -0.25) is 0 Å². The Morgan fingerprint density at radius 1 is 1.06 bits per heavy atom. The van der Waals surface area contributed by atoms with E-state index in [1.54, 1.807) is 0 Å². The van der Waals surface area contributed by atoms with E-state index in [1.165, 1.54) is 0 Å². The maximum Gasteiger partial charge on any atom is 0.335 e. The number of ether oxygens (including phenoxy) is 3. The Balaban J connectivity index is 1.78. The molecule has 1 saturated heterocycles. The van der Waals surface area contributed by atoms with E-state index in [9.17, 15) is 15.0 Å². The van der Waals surface area contributed by atoms with Gasteiger partial charge in [0.1, 0.15) is 12.2 Å². The van der Waals surface area contributed by atoms with Crippen molar-refractivity contribution in [1.82, 2.24) is 0 Å². The summed E-state index contributed by atoms with van der Waals surface area (Å²) in [6.07, 6.45) is 2.85. The normalized spacial score (nSPS) is 42.3. The lowest BCUT2D eigenvalue weighted by Gasteiger charge is -2.49. The van der Waals surface area contributed by atoms with E-state index in [0.29, 0.717) is 30.8 Å². The summed E-state index contributed by atoms with van der Waals surface area (Å²) < 4.78 is 18.4. The van der Waals surface area contributed by atoms with E-state index in [2.05, 4.69) is 41.5 Å². The number of hydrogen-bond acceptors (Lipinski definition) is 6. The fourth-order valence-corrected chi connectivity index (χ4v) is 6.57. The van der Waals surface area contributed by atoms with E-state index in [1.807, 2.05) is 0 Å². The van der Waals surface area contributed by atoms with Gasteiger partial charge in [-0.1, -0.05) is 48.0 Å². The molecule has 0 amide bonds. The van der Waals surface area contributed by atoms with Gasteiger partial charge in [0.15, 0.2) is 11.9 Å². The highest BCUT2D eigenvalue weighted by Gasteiger charge is 2.57. The van der Waals surface area contributed by atoms with E-state index in [-0.39, 0.29) is 42.5 Å². The van der Waals surface area contributed by atoms with Crippen LogP contribution < -0.4 is 0 Å². The first-order valence-electron chi connectivity index (χ1n) is 12.4. The second-order valence-electron chi connectivity index (χ2n) is 11.3. The summed E-state index contributed by atoms with van der Waals surface area (Å²) in [5, 5.41) is 20.8. The third-order valence-electron chi connectivity index (χ3n) is 7.95. The predicted molar refractivity (Wildman–Crippen MR) is 118 cm³/mol. The number of aliphatic hydroxyl groups excluding tert-OH is 2. The maximum atomic E-state index is 13.2. The summed E-state index contributed by atoms with van der Waals surface area (Å²) >= 11 is 0. The van der Waals surface area contributed by atoms with Crippen molar-refractivity contribution in [2.75, 3.05) is 13.2 Å². The Hall–Kier alpha value is -0.690. The quantitative estimate of drug-likeness (QED) is 0.612. The van der Waals surface area contributed by atoms with Crippen LogP contribution in [0.5, 0.6) is 0 Å². The van der Waals surface area contributed by atoms with Gasteiger partial charge in [-0.25, -0.2) is 4.79 Å². The molecule has 2 aliphatic carbocycles. The molecular weight excluding hydrogens is 396 g/mol. The van der Waals surface area contributed by atoms with Gasteiger partial charge < -0.3 is 24.4 Å². The molecule has 9 atom stereocenters. The van der Waals surface area contributed by atoms with Gasteiger partial charge in [-0.2, -0.15) is 0 Å². The molecule has 1 aliphatic heterocycles. The summed E-state index contributed by atoms with van der Waals surface area (Å²) in [5.41, 5.74) is 0. The molecule has 6 heteroatoms. The third-order valence-corrected chi connectivity index (χ3v) is 7.95. The molecule has 1 spiro atoms. The van der Waals surface area contributed by atoms with Gasteiger partial charge >= 0.3 is 5.97 Å². The SMILES string of the molecule is CC(C)[C@@H]1C([C@@H](O)C(=O)O[C@@H]2C[C@H](C)CC[C@H]2C(C)C)C[C@@H](C)C[C@@]12OCC(CO)O2. The molecule has 2 unspecified atom stereocenters. The van der Waals surface area contributed by atoms with Crippen LogP contribution in [0.25, 0.3) is 0 Å². The first kappa shape index (κ1) is 24.9. The van der Waals surface area contributed by atoms with Crippen LogP contribution in [0.3, 0.4) is 0 Å². The van der Waals surface area contributed by atoms with Crippen LogP contribution in [0.1, 0.15) is 73.6 Å². The molecule has 3 aliphatic rings. The standard InChI is InChI=1S/C25H44O6/c1-14(2)19-8-7-16(5)10-21(19)30-24(28)23(27)20-9-17(6)11-25(22(20)15(3)4)29-13-18(12-26)31-25/h14-23,26-27H,7-13H2,1-6H3/t16-,17-,18?,19+,20?,21-,22-,23-,25+/m1/s1. The van der Waals surface area contributed by atoms with Gasteiger partial charge in [-0.05, 0) is 48.9 Å². The zero-order chi connectivity index (χ0) is 22.9. The van der Waals surface area contributed by atoms with Crippen molar-refractivity contribution in [3.05, 3.63) is 0 Å². The molecule has 0 radical (unpaired) electrons. The first-order chi connectivity index (χ1) is 14.6. The Morgan fingerprint density at radius 2 is 1.77 bits per heavy atom. The zero-order valence-corrected chi connectivity index (χ0v) is 20.3. The Labute approximate surface area is 188 Å². The maximum absolute atomic E-state index is 13.2. The summed E-state index contributed by atoms with van der Waals surface area (Å²) in [5.74, 6) is -0.0976. The summed E-state index contributed by atoms with van der Waals surface area (Å²) in [4.78, 5) is 13.2. The summed E-state index contributed by atoms with van der Waals surface area (Å²) in [7, 11) is 0. The van der Waals surface area contributed by atoms with Crippen molar-refractivity contribution in [3.8, 4) is 0 Å². The largest absolute Gasteiger partial charge is 0.460 e. The van der Waals surface area contributed by atoms with E-state index in [0.717, 1.165) is 25.7 Å². The Kier molecular flexibility index (Phi) is 8.10. The van der Waals surface area contributed by atoms with Crippen molar-refractivity contribution < 1.29 is 29.2 Å². The summed E-state index contributed by atoms with van der Waals surface area (Å²) in [6, 6.07) is 0. The van der Waals surface area contributed by atoms with Crippen LogP contribution in [0.4, 0.5) is 0 Å². The molecule has 0 aromatic heterocycles. The van der Waals surface area contributed by atoms with Crippen molar-refractivity contribution in [1.29, 1.82) is 0 Å². The van der Waals surface area contributed by atoms with E-state index < -0.39 is 17.9 Å². The monoisotopic (exact) mass is 440 g/mol. The van der Waals surface area contributed by atoms with Crippen LogP contribution in [0.2, 0.25) is 0 Å². The molecule has 2 N–H and O–H groups in total. The number of carbonyl (C=O) groups excluding carboxylic acids is 1. The Bertz CT molecular complexity index is 607. The molecule has 0 bridgehead atoms. The van der Waals surface area contributed by atoms with Crippen molar-refractivity contribution in [3.63, 3.8) is 0 Å². The first-order valence-corrected chi connectivity index (χ1v) is 12.4. The van der Waals surface area contributed by atoms with Crippen molar-refractivity contribution in [2.24, 2.45) is 41.4 Å². The molecule has 1 heterocycles. The van der Waals surface area contributed by atoms with Crippen molar-refractivity contribution in [2.45, 2.75) is 97.7 Å². The molecule has 6 nitrogen and oxygen atoms in total. The molecule has 3 fully saturated rings. The number of aliphatic hydroxyl groups is 2. The smallest absolute Gasteiger partial charge is 0.335 e. The fraction of sp³-hybridized carbons (Fsp3) is 0.960. The predicted octanol–water partition coefficient (Wildman–Crippen LogP) is 3.77. The van der Waals surface area contributed by atoms with Crippen molar-refractivity contribution >= 4 is 5.97 Å².